The lowest BCUT2D eigenvalue weighted by Gasteiger charge is -2.22. The van der Waals surface area contributed by atoms with E-state index in [-0.39, 0.29) is 12.5 Å². The lowest BCUT2D eigenvalue weighted by atomic mass is 10.0. The van der Waals surface area contributed by atoms with Gasteiger partial charge in [-0.1, -0.05) is 18.2 Å². The fraction of sp³-hybridized carbons (Fsp3) is 0.333. The third-order valence-electron chi connectivity index (χ3n) is 4.34. The number of ether oxygens (including phenoxy) is 1. The van der Waals surface area contributed by atoms with Crippen molar-refractivity contribution in [2.24, 2.45) is 5.73 Å². The van der Waals surface area contributed by atoms with Gasteiger partial charge in [-0.25, -0.2) is 0 Å². The van der Waals surface area contributed by atoms with Crippen LogP contribution in [0.25, 0.3) is 0 Å². The number of carbonyl (C=O) groups is 2. The van der Waals surface area contributed by atoms with Gasteiger partial charge in [0.05, 0.1) is 23.5 Å². The molecule has 1 aromatic carbocycles. The molecular weight excluding hydrogens is 338 g/mol. The molecule has 1 aliphatic heterocycles. The van der Waals surface area contributed by atoms with Crippen LogP contribution in [0, 0.1) is 0 Å². The Morgan fingerprint density at radius 2 is 2.08 bits per heavy atom. The van der Waals surface area contributed by atoms with Crippen molar-refractivity contribution in [3.05, 3.63) is 46.3 Å². The van der Waals surface area contributed by atoms with Gasteiger partial charge in [0.1, 0.15) is 17.3 Å². The molecule has 1 aliphatic rings. The first-order chi connectivity index (χ1) is 12.1. The lowest BCUT2D eigenvalue weighted by Crippen LogP contribution is -3.11. The molecule has 1 atom stereocenters. The van der Waals surface area contributed by atoms with E-state index < -0.39 is 5.91 Å². The Morgan fingerprint density at radius 1 is 1.32 bits per heavy atom. The molecule has 0 radical (unpaired) electrons. The largest absolute Gasteiger partial charge is 0.484 e. The van der Waals surface area contributed by atoms with E-state index in [1.165, 1.54) is 16.2 Å². The Balaban J connectivity index is 1.72. The fourth-order valence-electron chi connectivity index (χ4n) is 3.02. The second-order valence-corrected chi connectivity index (χ2v) is 7.11. The van der Waals surface area contributed by atoms with E-state index in [0.29, 0.717) is 16.3 Å². The summed E-state index contributed by atoms with van der Waals surface area (Å²) < 4.78 is 5.45. The molecule has 0 fully saturated rings. The van der Waals surface area contributed by atoms with Gasteiger partial charge in [-0.2, -0.15) is 0 Å². The van der Waals surface area contributed by atoms with Gasteiger partial charge >= 0.3 is 0 Å². The Labute approximate surface area is 150 Å². The predicted octanol–water partition coefficient (Wildman–Crippen LogP) is 0.825. The average molecular weight is 360 g/mol. The molecule has 0 aliphatic carbocycles. The second-order valence-electron chi connectivity index (χ2n) is 6.00. The second kappa shape index (κ2) is 7.67. The number of amides is 2. The van der Waals surface area contributed by atoms with Crippen molar-refractivity contribution in [1.29, 1.82) is 0 Å². The standard InChI is InChI=1S/C18H21N3O3S/c1-2-21-9-8-13-14(10-21)25-18(16(13)17(19)23)20-15(22)11-24-12-6-4-3-5-7-12/h3-7H,2,8-11H2,1H3,(H2,19,23)(H,20,22)/p+1. The molecule has 132 valence electrons. The number of carbonyl (C=O) groups excluding carboxylic acids is 2. The van der Waals surface area contributed by atoms with E-state index in [1.54, 1.807) is 12.1 Å². The van der Waals surface area contributed by atoms with E-state index in [2.05, 4.69) is 12.2 Å². The fourth-order valence-corrected chi connectivity index (χ4v) is 4.36. The van der Waals surface area contributed by atoms with Crippen molar-refractivity contribution in [2.75, 3.05) is 25.0 Å². The highest BCUT2D eigenvalue weighted by atomic mass is 32.1. The highest BCUT2D eigenvalue weighted by Gasteiger charge is 2.29. The van der Waals surface area contributed by atoms with Crippen molar-refractivity contribution < 1.29 is 19.2 Å². The summed E-state index contributed by atoms with van der Waals surface area (Å²) in [5.74, 6) is -0.165. The van der Waals surface area contributed by atoms with Gasteiger partial charge in [-0.05, 0) is 24.6 Å². The number of likely N-dealkylation sites (N-methyl/N-ethyl adjacent to an activating group) is 1. The van der Waals surface area contributed by atoms with Crippen LogP contribution in [0.4, 0.5) is 5.00 Å². The predicted molar refractivity (Wildman–Crippen MR) is 97.2 cm³/mol. The zero-order valence-corrected chi connectivity index (χ0v) is 14.9. The number of para-hydroxylation sites is 1. The molecular formula is C18H22N3O3S+. The average Bonchev–Trinajstić information content (AvgIpc) is 2.97. The van der Waals surface area contributed by atoms with Gasteiger partial charge in [0.2, 0.25) is 0 Å². The van der Waals surface area contributed by atoms with Crippen molar-refractivity contribution in [2.45, 2.75) is 19.9 Å². The van der Waals surface area contributed by atoms with Crippen molar-refractivity contribution >= 4 is 28.2 Å². The number of nitrogens with one attached hydrogen (secondary N) is 2. The van der Waals surface area contributed by atoms with Crippen LogP contribution < -0.4 is 20.7 Å². The quantitative estimate of drug-likeness (QED) is 0.713. The molecule has 2 heterocycles. The van der Waals surface area contributed by atoms with E-state index in [4.69, 9.17) is 10.5 Å². The summed E-state index contributed by atoms with van der Waals surface area (Å²) in [5, 5.41) is 3.34. The topological polar surface area (TPSA) is 85.9 Å². The number of hydrogen-bond donors (Lipinski definition) is 3. The summed E-state index contributed by atoms with van der Waals surface area (Å²) in [5.41, 5.74) is 7.03. The number of nitrogens with two attached hydrogens (primary N) is 1. The number of rotatable bonds is 6. The highest BCUT2D eigenvalue weighted by Crippen LogP contribution is 2.34. The first-order valence-corrected chi connectivity index (χ1v) is 9.15. The Hall–Kier alpha value is -2.38. The molecule has 6 nitrogen and oxygen atoms in total. The summed E-state index contributed by atoms with van der Waals surface area (Å²) in [6.45, 7) is 4.91. The van der Waals surface area contributed by atoms with Crippen LogP contribution >= 0.6 is 11.3 Å². The van der Waals surface area contributed by atoms with Crippen molar-refractivity contribution in [3.63, 3.8) is 0 Å². The zero-order valence-electron chi connectivity index (χ0n) is 14.1. The van der Waals surface area contributed by atoms with Crippen LogP contribution in [0.15, 0.2) is 30.3 Å². The molecule has 0 saturated heterocycles. The van der Waals surface area contributed by atoms with Crippen LogP contribution in [0.3, 0.4) is 0 Å². The minimum atomic E-state index is -0.489. The first-order valence-electron chi connectivity index (χ1n) is 8.34. The molecule has 25 heavy (non-hydrogen) atoms. The third-order valence-corrected chi connectivity index (χ3v) is 5.49. The summed E-state index contributed by atoms with van der Waals surface area (Å²) >= 11 is 1.45. The Morgan fingerprint density at radius 3 is 2.76 bits per heavy atom. The van der Waals surface area contributed by atoms with Gasteiger partial charge in [0.15, 0.2) is 6.61 Å². The molecule has 7 heteroatoms. The van der Waals surface area contributed by atoms with E-state index in [0.717, 1.165) is 36.5 Å². The zero-order chi connectivity index (χ0) is 17.8. The van der Waals surface area contributed by atoms with Gasteiger partial charge in [-0.3, -0.25) is 9.59 Å². The number of quaternary nitrogens is 1. The summed E-state index contributed by atoms with van der Waals surface area (Å²) in [7, 11) is 0. The van der Waals surface area contributed by atoms with Crippen LogP contribution in [0.2, 0.25) is 0 Å². The molecule has 0 saturated carbocycles. The lowest BCUT2D eigenvalue weighted by molar-refractivity contribution is -0.913. The Kier molecular flexibility index (Phi) is 5.35. The van der Waals surface area contributed by atoms with Gasteiger partial charge < -0.3 is 20.7 Å². The molecule has 1 unspecified atom stereocenters. The smallest absolute Gasteiger partial charge is 0.262 e. The number of anilines is 1. The Bertz CT molecular complexity index is 773. The number of thiophene rings is 1. The molecule has 2 aromatic rings. The summed E-state index contributed by atoms with van der Waals surface area (Å²) in [6.07, 6.45) is 0.809. The molecule has 4 N–H and O–H groups in total. The van der Waals surface area contributed by atoms with E-state index in [1.807, 2.05) is 18.2 Å². The molecule has 3 rings (SSSR count). The highest BCUT2D eigenvalue weighted by molar-refractivity contribution is 7.17. The van der Waals surface area contributed by atoms with Crippen molar-refractivity contribution in [3.8, 4) is 5.75 Å². The number of benzene rings is 1. The van der Waals surface area contributed by atoms with E-state index >= 15 is 0 Å². The SMILES string of the molecule is CC[NH+]1CCc2c(sc(NC(=O)COc3ccccc3)c2C(N)=O)C1. The van der Waals surface area contributed by atoms with Gasteiger partial charge in [-0.15, -0.1) is 11.3 Å². The first kappa shape index (κ1) is 17.4. The molecule has 2 amide bonds. The van der Waals surface area contributed by atoms with Crippen molar-refractivity contribution in [1.82, 2.24) is 0 Å². The number of primary amides is 1. The minimum absolute atomic E-state index is 0.114. The van der Waals surface area contributed by atoms with Gasteiger partial charge in [0.25, 0.3) is 11.8 Å². The third kappa shape index (κ3) is 4.00. The van der Waals surface area contributed by atoms with E-state index in [9.17, 15) is 9.59 Å². The van der Waals surface area contributed by atoms with Gasteiger partial charge in [0, 0.05) is 6.42 Å². The molecule has 0 spiro atoms. The summed E-state index contributed by atoms with van der Waals surface area (Å²) in [4.78, 5) is 26.7. The van der Waals surface area contributed by atoms with Crippen LogP contribution in [-0.4, -0.2) is 31.5 Å². The maximum atomic E-state index is 12.2. The summed E-state index contributed by atoms with van der Waals surface area (Å²) in [6, 6.07) is 9.13. The number of hydrogen-bond acceptors (Lipinski definition) is 4. The van der Waals surface area contributed by atoms with Crippen LogP contribution in [0.5, 0.6) is 5.75 Å². The molecule has 0 bridgehead atoms. The minimum Gasteiger partial charge on any atom is -0.484 e. The van der Waals surface area contributed by atoms with Crippen LogP contribution in [0.1, 0.15) is 27.7 Å². The maximum Gasteiger partial charge on any atom is 0.262 e. The normalized spacial score (nSPS) is 16.1. The monoisotopic (exact) mass is 360 g/mol. The maximum absolute atomic E-state index is 12.2. The van der Waals surface area contributed by atoms with Crippen LogP contribution in [-0.2, 0) is 17.8 Å². The molecule has 1 aromatic heterocycles. The number of fused-ring (bicyclic) bond motifs is 1.